The molecule has 0 radical (unpaired) electrons. The highest BCUT2D eigenvalue weighted by molar-refractivity contribution is 7.89. The van der Waals surface area contributed by atoms with Crippen LogP contribution in [0.15, 0.2) is 53.4 Å². The normalized spacial score (nSPS) is 11.2. The first-order chi connectivity index (χ1) is 10.9. The minimum Gasteiger partial charge on any atom is -0.460 e. The Morgan fingerprint density at radius 1 is 1.09 bits per heavy atom. The van der Waals surface area contributed by atoms with E-state index >= 15 is 0 Å². The van der Waals surface area contributed by atoms with Gasteiger partial charge in [0.1, 0.15) is 13.2 Å². The molecule has 122 valence electrons. The quantitative estimate of drug-likeness (QED) is 0.789. The van der Waals surface area contributed by atoms with E-state index in [0.717, 1.165) is 0 Å². The van der Waals surface area contributed by atoms with Crippen molar-refractivity contribution in [2.24, 2.45) is 0 Å². The molecule has 0 saturated heterocycles. The Hall–Kier alpha value is -1.60. The minimum absolute atomic E-state index is 0.0676. The molecular formula is C15H13Cl2NO4S. The third kappa shape index (κ3) is 5.21. The van der Waals surface area contributed by atoms with Crippen LogP contribution in [0.4, 0.5) is 0 Å². The van der Waals surface area contributed by atoms with Crippen molar-refractivity contribution in [3.05, 3.63) is 64.1 Å². The molecule has 2 rings (SSSR count). The SMILES string of the molecule is O=C(CNS(=O)(=O)c1ccccc1)OCc1ccc(Cl)cc1Cl. The summed E-state index contributed by atoms with van der Waals surface area (Å²) in [7, 11) is -3.75. The lowest BCUT2D eigenvalue weighted by Gasteiger charge is -2.08. The molecule has 0 atom stereocenters. The molecule has 0 spiro atoms. The number of ether oxygens (including phenoxy) is 1. The lowest BCUT2D eigenvalue weighted by molar-refractivity contribution is -0.143. The van der Waals surface area contributed by atoms with Crippen molar-refractivity contribution < 1.29 is 17.9 Å². The summed E-state index contributed by atoms with van der Waals surface area (Å²) in [5.74, 6) is -0.712. The maximum Gasteiger partial charge on any atom is 0.321 e. The highest BCUT2D eigenvalue weighted by Crippen LogP contribution is 2.21. The van der Waals surface area contributed by atoms with Gasteiger partial charge in [-0.05, 0) is 24.3 Å². The number of hydrogen-bond acceptors (Lipinski definition) is 4. The van der Waals surface area contributed by atoms with Crippen LogP contribution < -0.4 is 4.72 Å². The van der Waals surface area contributed by atoms with Gasteiger partial charge in [-0.1, -0.05) is 47.5 Å². The van der Waals surface area contributed by atoms with Crippen LogP contribution in [0, 0.1) is 0 Å². The van der Waals surface area contributed by atoms with E-state index in [-0.39, 0.29) is 11.5 Å². The van der Waals surface area contributed by atoms with Gasteiger partial charge in [-0.3, -0.25) is 4.79 Å². The van der Waals surface area contributed by atoms with Gasteiger partial charge in [0.05, 0.1) is 4.90 Å². The molecule has 0 fully saturated rings. The van der Waals surface area contributed by atoms with Crippen LogP contribution in [-0.4, -0.2) is 20.9 Å². The van der Waals surface area contributed by atoms with Gasteiger partial charge in [0.15, 0.2) is 0 Å². The number of halogens is 2. The lowest BCUT2D eigenvalue weighted by Crippen LogP contribution is -2.30. The van der Waals surface area contributed by atoms with Gasteiger partial charge in [0.2, 0.25) is 10.0 Å². The predicted octanol–water partition coefficient (Wildman–Crippen LogP) is 3.02. The molecule has 8 heteroatoms. The Morgan fingerprint density at radius 2 is 1.78 bits per heavy atom. The number of rotatable bonds is 6. The Kier molecular flexibility index (Phi) is 6.01. The summed E-state index contributed by atoms with van der Waals surface area (Å²) in [5, 5.41) is 0.843. The summed E-state index contributed by atoms with van der Waals surface area (Å²) in [6.07, 6.45) is 0. The summed E-state index contributed by atoms with van der Waals surface area (Å²) < 4.78 is 31.1. The molecule has 5 nitrogen and oxygen atoms in total. The summed E-state index contributed by atoms with van der Waals surface area (Å²) in [5.41, 5.74) is 0.579. The van der Waals surface area contributed by atoms with Gasteiger partial charge in [-0.15, -0.1) is 0 Å². The fourth-order valence-electron chi connectivity index (χ4n) is 1.68. The largest absolute Gasteiger partial charge is 0.460 e. The van der Waals surface area contributed by atoms with Gasteiger partial charge in [0.25, 0.3) is 0 Å². The molecule has 0 aliphatic rings. The highest BCUT2D eigenvalue weighted by atomic mass is 35.5. The summed E-state index contributed by atoms with van der Waals surface area (Å²) >= 11 is 11.7. The first kappa shape index (κ1) is 17.7. The van der Waals surface area contributed by atoms with Gasteiger partial charge < -0.3 is 4.74 Å². The lowest BCUT2D eigenvalue weighted by atomic mass is 10.2. The van der Waals surface area contributed by atoms with Crippen molar-refractivity contribution >= 4 is 39.2 Å². The van der Waals surface area contributed by atoms with E-state index in [1.807, 2.05) is 0 Å². The minimum atomic E-state index is -3.75. The first-order valence-corrected chi connectivity index (χ1v) is 8.76. The van der Waals surface area contributed by atoms with E-state index < -0.39 is 22.5 Å². The van der Waals surface area contributed by atoms with Gasteiger partial charge in [0, 0.05) is 15.6 Å². The van der Waals surface area contributed by atoms with Crippen LogP contribution in [0.25, 0.3) is 0 Å². The molecule has 2 aromatic carbocycles. The topological polar surface area (TPSA) is 72.5 Å². The zero-order valence-corrected chi connectivity index (χ0v) is 14.2. The summed E-state index contributed by atoms with van der Waals surface area (Å²) in [6.45, 7) is -0.537. The molecule has 0 amide bonds. The van der Waals surface area contributed by atoms with E-state index in [0.29, 0.717) is 15.6 Å². The average Bonchev–Trinajstić information content (AvgIpc) is 2.53. The summed E-state index contributed by atoms with van der Waals surface area (Å²) in [6, 6.07) is 12.5. The predicted molar refractivity (Wildman–Crippen MR) is 87.9 cm³/mol. The van der Waals surface area contributed by atoms with Crippen LogP contribution in [0.1, 0.15) is 5.56 Å². The molecule has 2 aromatic rings. The van der Waals surface area contributed by atoms with Crippen molar-refractivity contribution in [3.8, 4) is 0 Å². The van der Waals surface area contributed by atoms with Crippen molar-refractivity contribution in [3.63, 3.8) is 0 Å². The van der Waals surface area contributed by atoms with Crippen LogP contribution in [-0.2, 0) is 26.2 Å². The van der Waals surface area contributed by atoms with Crippen molar-refractivity contribution in [2.75, 3.05) is 6.54 Å². The number of benzene rings is 2. The van der Waals surface area contributed by atoms with E-state index in [1.165, 1.54) is 18.2 Å². The molecule has 1 N–H and O–H groups in total. The number of hydrogen-bond donors (Lipinski definition) is 1. The molecular weight excluding hydrogens is 361 g/mol. The maximum atomic E-state index is 11.9. The van der Waals surface area contributed by atoms with Gasteiger partial charge in [-0.25, -0.2) is 8.42 Å². The van der Waals surface area contributed by atoms with E-state index in [1.54, 1.807) is 30.3 Å². The zero-order chi connectivity index (χ0) is 16.9. The fraction of sp³-hybridized carbons (Fsp3) is 0.133. The van der Waals surface area contributed by atoms with Crippen molar-refractivity contribution in [1.82, 2.24) is 4.72 Å². The van der Waals surface area contributed by atoms with Crippen molar-refractivity contribution in [2.45, 2.75) is 11.5 Å². The average molecular weight is 374 g/mol. The Labute approximate surface area is 144 Å². The number of nitrogens with one attached hydrogen (secondary N) is 1. The monoisotopic (exact) mass is 373 g/mol. The second-order valence-corrected chi connectivity index (χ2v) is 7.14. The number of carbonyl (C=O) groups excluding carboxylic acids is 1. The molecule has 0 aromatic heterocycles. The Balaban J connectivity index is 1.88. The summed E-state index contributed by atoms with van der Waals surface area (Å²) in [4.78, 5) is 11.7. The van der Waals surface area contributed by atoms with Crippen LogP contribution >= 0.6 is 23.2 Å². The Morgan fingerprint density at radius 3 is 2.43 bits per heavy atom. The molecule has 0 bridgehead atoms. The first-order valence-electron chi connectivity index (χ1n) is 6.53. The van der Waals surface area contributed by atoms with Crippen LogP contribution in [0.3, 0.4) is 0 Å². The highest BCUT2D eigenvalue weighted by Gasteiger charge is 2.15. The van der Waals surface area contributed by atoms with Crippen LogP contribution in [0.2, 0.25) is 10.0 Å². The van der Waals surface area contributed by atoms with Gasteiger partial charge >= 0.3 is 5.97 Å². The molecule has 0 aliphatic heterocycles. The molecule has 0 unspecified atom stereocenters. The molecule has 0 heterocycles. The number of esters is 1. The third-order valence-corrected chi connectivity index (χ3v) is 4.87. The molecule has 23 heavy (non-hydrogen) atoms. The Bertz CT molecular complexity index is 794. The third-order valence-electron chi connectivity index (χ3n) is 2.86. The second kappa shape index (κ2) is 7.79. The maximum absolute atomic E-state index is 11.9. The second-order valence-electron chi connectivity index (χ2n) is 4.53. The molecule has 0 aliphatic carbocycles. The standard InChI is InChI=1S/C15H13Cl2NO4S/c16-12-7-6-11(14(17)8-12)10-22-15(19)9-18-23(20,21)13-4-2-1-3-5-13/h1-8,18H,9-10H2. The number of carbonyl (C=O) groups is 1. The van der Waals surface area contributed by atoms with E-state index in [9.17, 15) is 13.2 Å². The van der Waals surface area contributed by atoms with Crippen molar-refractivity contribution in [1.29, 1.82) is 0 Å². The smallest absolute Gasteiger partial charge is 0.321 e. The van der Waals surface area contributed by atoms with Gasteiger partial charge in [-0.2, -0.15) is 4.72 Å². The molecule has 0 saturated carbocycles. The fourth-order valence-corrected chi connectivity index (χ4v) is 3.14. The zero-order valence-electron chi connectivity index (χ0n) is 11.8. The number of sulfonamides is 1. The van der Waals surface area contributed by atoms with E-state index in [2.05, 4.69) is 4.72 Å². The van der Waals surface area contributed by atoms with E-state index in [4.69, 9.17) is 27.9 Å². The van der Waals surface area contributed by atoms with Crippen LogP contribution in [0.5, 0.6) is 0 Å².